The molecular weight excluding hydrogens is 1010 g/mol. The fraction of sp³-hybridized carbons (Fsp3) is 0.600. The zero-order valence-electron chi connectivity index (χ0n) is 22.5. The van der Waals surface area contributed by atoms with Crippen molar-refractivity contribution in [3.63, 3.8) is 0 Å². The van der Waals surface area contributed by atoms with Crippen molar-refractivity contribution in [2.75, 3.05) is 26.2 Å². The van der Waals surface area contributed by atoms with Crippen LogP contribution < -0.4 is 21.3 Å². The summed E-state index contributed by atoms with van der Waals surface area (Å²) in [6, 6.07) is 0. The predicted octanol–water partition coefficient (Wildman–Crippen LogP) is -1.83. The molecule has 0 bridgehead atoms. The minimum atomic E-state index is -1.13. The first kappa shape index (κ1) is 50.3. The molecule has 0 aromatic rings. The van der Waals surface area contributed by atoms with E-state index >= 15 is 0 Å². The predicted molar refractivity (Wildman–Crippen MR) is 152 cm³/mol. The Morgan fingerprint density at radius 1 is 0.571 bits per heavy atom. The molecule has 8 N–H and O–H groups in total. The normalized spacial score (nSPS) is 12.0. The van der Waals surface area contributed by atoms with Crippen LogP contribution in [-0.4, -0.2) is 115 Å². The minimum absolute atomic E-state index is 0. The molecule has 0 aromatic carbocycles. The summed E-state index contributed by atoms with van der Waals surface area (Å²) in [5.41, 5.74) is 0. The second-order valence-electron chi connectivity index (χ2n) is 7.24. The molecule has 2 radical (unpaired) electrons. The number of hydrogen-bond acceptors (Lipinski definition) is 12. The van der Waals surface area contributed by atoms with Gasteiger partial charge in [0.15, 0.2) is 5.91 Å². The molecule has 0 aliphatic rings. The monoisotopic (exact) mass is 1040 g/mol. The Labute approximate surface area is 292 Å². The number of carboxylic acid groups (broad SMARTS) is 4. The molecule has 22 heteroatoms. The van der Waals surface area contributed by atoms with Crippen LogP contribution in [0.15, 0.2) is 0 Å². The van der Waals surface area contributed by atoms with Crippen LogP contribution in [0.4, 0.5) is 0 Å². The van der Waals surface area contributed by atoms with Crippen LogP contribution >= 0.6 is 34.2 Å². The van der Waals surface area contributed by atoms with E-state index in [1.54, 1.807) is 20.8 Å². The van der Waals surface area contributed by atoms with Gasteiger partial charge in [-0.3, -0.25) is 38.4 Å². The van der Waals surface area contributed by atoms with Crippen LogP contribution in [-0.2, 0) is 95.7 Å². The van der Waals surface area contributed by atoms with Gasteiger partial charge in [0.2, 0.25) is 17.7 Å². The molecule has 0 saturated carbocycles. The van der Waals surface area contributed by atoms with Crippen molar-refractivity contribution in [2.45, 2.75) is 48.7 Å². The third-order valence-electron chi connectivity index (χ3n) is 3.49. The maximum absolute atomic E-state index is 11.5. The average molecular weight is 1040 g/mol. The molecule has 0 rings (SSSR count). The quantitative estimate of drug-likeness (QED) is 0.0378. The van der Waals surface area contributed by atoms with Crippen LogP contribution in [0.1, 0.15) is 27.7 Å². The summed E-state index contributed by atoms with van der Waals surface area (Å²) in [4.78, 5) is 84.4. The summed E-state index contributed by atoms with van der Waals surface area (Å²) in [5, 5.41) is 39.7. The second kappa shape index (κ2) is 29.7. The molecule has 0 aromatic heterocycles. The molecule has 0 aliphatic carbocycles. The Balaban J connectivity index is -0.000000176. The van der Waals surface area contributed by atoms with Gasteiger partial charge in [-0.25, -0.2) is 0 Å². The van der Waals surface area contributed by atoms with Gasteiger partial charge in [0.25, 0.3) is 0 Å². The smallest absolute Gasteiger partial charge is 0.322 e. The van der Waals surface area contributed by atoms with E-state index in [2.05, 4.69) is 46.5 Å². The van der Waals surface area contributed by atoms with E-state index in [1.807, 2.05) is 0 Å². The van der Waals surface area contributed by atoms with Crippen molar-refractivity contribution < 1.29 is 104 Å². The van der Waals surface area contributed by atoms with Gasteiger partial charge < -0.3 is 54.3 Å². The molecule has 0 heterocycles. The number of amides is 4. The third kappa shape index (κ3) is 34.8. The van der Waals surface area contributed by atoms with E-state index in [9.17, 15) is 38.4 Å². The Kier molecular flexibility index (Phi) is 35.6. The van der Waals surface area contributed by atoms with Gasteiger partial charge in [0.1, 0.15) is 26.2 Å². The van der Waals surface area contributed by atoms with E-state index in [0.717, 1.165) is 21.6 Å². The largest absolute Gasteiger partial charge is 0.780 e. The number of carbonyl (C=O) groups excluding carboxylic acids is 4. The summed E-state index contributed by atoms with van der Waals surface area (Å²) < 4.78 is 0. The summed E-state index contributed by atoms with van der Waals surface area (Å²) in [6.45, 7) is 4.63. The van der Waals surface area contributed by atoms with Gasteiger partial charge in [0, 0.05) is 44.8 Å². The average Bonchev–Trinajstić information content (AvgIpc) is 2.85. The molecule has 16 nitrogen and oxygen atoms in total. The van der Waals surface area contributed by atoms with Crippen molar-refractivity contribution in [3.05, 3.63) is 0 Å². The number of carboxylic acids is 4. The van der Waals surface area contributed by atoms with Gasteiger partial charge >= 0.3 is 23.9 Å². The van der Waals surface area contributed by atoms with Crippen LogP contribution in [0.3, 0.4) is 0 Å². The van der Waals surface area contributed by atoms with Crippen LogP contribution in [0.5, 0.6) is 0 Å². The molecule has 0 aliphatic heterocycles. The van der Waals surface area contributed by atoms with Gasteiger partial charge in [-0.05, 0) is 20.8 Å². The number of aliphatic carboxylic acids is 4. The zero-order valence-corrected chi connectivity index (χ0v) is 30.1. The van der Waals surface area contributed by atoms with Crippen molar-refractivity contribution in [2.24, 2.45) is 0 Å². The fourth-order valence-electron chi connectivity index (χ4n) is 1.48. The third-order valence-corrected chi connectivity index (χ3v) is 7.12. The van der Waals surface area contributed by atoms with Gasteiger partial charge in [-0.15, -0.1) is 0 Å². The van der Waals surface area contributed by atoms with E-state index in [-0.39, 0.29) is 63.8 Å². The minimum Gasteiger partial charge on any atom is -0.780 e. The standard InChI is InChI=1S/C10H16N2O6S2.2C5H9NO3S.2Au/c1-5(9(17)11-3-7(13)14)19-20-6(2)10(18)12-4-8(15)16;2*1-3(10)5(9)6-2-4(7)8;;/h5-6H,3-4H2,1-2H3,(H,11,17)(H,12,18)(H,13,14)(H,15,16);2*3,10H,2H2,1H3,(H,6,9)(H,7,8);;/p-1. The molecular formula is C20H33Au2N4O12S4-. The van der Waals surface area contributed by atoms with Gasteiger partial charge in [-0.1, -0.05) is 33.8 Å². The fourth-order valence-corrected chi connectivity index (χ4v) is 3.86. The van der Waals surface area contributed by atoms with Crippen LogP contribution in [0, 0.1) is 0 Å². The molecule has 4 amide bonds. The van der Waals surface area contributed by atoms with Gasteiger partial charge in [-0.2, -0.15) is 12.6 Å². The molecule has 0 fully saturated rings. The molecule has 4 atom stereocenters. The number of carbonyl (C=O) groups is 8. The first-order valence-electron chi connectivity index (χ1n) is 11.0. The molecule has 0 spiro atoms. The van der Waals surface area contributed by atoms with Crippen molar-refractivity contribution in [1.82, 2.24) is 21.3 Å². The van der Waals surface area contributed by atoms with E-state index in [1.165, 1.54) is 6.92 Å². The Morgan fingerprint density at radius 2 is 0.810 bits per heavy atom. The van der Waals surface area contributed by atoms with E-state index in [4.69, 9.17) is 20.4 Å². The number of rotatable bonds is 15. The molecule has 4 unspecified atom stereocenters. The summed E-state index contributed by atoms with van der Waals surface area (Å²) in [7, 11) is 2.22. The van der Waals surface area contributed by atoms with Gasteiger partial charge in [0.05, 0.1) is 15.7 Å². The first-order chi connectivity index (χ1) is 18.3. The van der Waals surface area contributed by atoms with E-state index in [0.29, 0.717) is 0 Å². The van der Waals surface area contributed by atoms with Crippen molar-refractivity contribution in [1.29, 1.82) is 0 Å². The van der Waals surface area contributed by atoms with Crippen molar-refractivity contribution >= 4 is 94.4 Å². The Bertz CT molecular complexity index is 831. The van der Waals surface area contributed by atoms with E-state index < -0.39 is 75.7 Å². The van der Waals surface area contributed by atoms with Crippen LogP contribution in [0.2, 0.25) is 0 Å². The Morgan fingerprint density at radius 3 is 1.02 bits per heavy atom. The van der Waals surface area contributed by atoms with Crippen LogP contribution in [0.25, 0.3) is 0 Å². The molecule has 42 heavy (non-hydrogen) atoms. The number of nitrogens with one attached hydrogen (secondary N) is 4. The van der Waals surface area contributed by atoms with Crippen molar-refractivity contribution in [3.8, 4) is 0 Å². The topological polar surface area (TPSA) is 266 Å². The zero-order chi connectivity index (χ0) is 32.0. The number of hydrogen-bond donors (Lipinski definition) is 9. The second-order valence-corrected chi connectivity index (χ2v) is 11.7. The summed E-state index contributed by atoms with van der Waals surface area (Å²) in [6.07, 6.45) is 0. The first-order valence-corrected chi connectivity index (χ1v) is 14.2. The molecule has 0 saturated heterocycles. The SMILES string of the molecule is CC(S)C(=O)NCC(=O)O.CC(SSC(C)C(=O)NCC(=O)O)C(=O)NCC(=O)O.CC([S-])C(=O)NCC(=O)O.[Au].[Au]. The molecule has 252 valence electrons. The Hall–Kier alpha value is -1.36. The number of thiol groups is 1. The summed E-state index contributed by atoms with van der Waals surface area (Å²) in [5.74, 6) is -6.06. The maximum Gasteiger partial charge on any atom is 0.322 e. The summed E-state index contributed by atoms with van der Waals surface area (Å²) >= 11 is 8.34. The maximum atomic E-state index is 11.5.